The van der Waals surface area contributed by atoms with Crippen LogP contribution in [0.25, 0.3) is 0 Å². The average molecular weight is 271 g/mol. The van der Waals surface area contributed by atoms with Gasteiger partial charge in [0.05, 0.1) is 11.0 Å². The molecule has 1 aliphatic carbocycles. The lowest BCUT2D eigenvalue weighted by Crippen LogP contribution is -2.50. The lowest BCUT2D eigenvalue weighted by molar-refractivity contribution is -0.385. The van der Waals surface area contributed by atoms with Gasteiger partial charge in [-0.1, -0.05) is 0 Å². The van der Waals surface area contributed by atoms with Crippen LogP contribution < -0.4 is 11.1 Å². The van der Waals surface area contributed by atoms with Crippen molar-refractivity contribution in [2.24, 2.45) is 5.73 Å². The molecule has 19 heavy (non-hydrogen) atoms. The van der Waals surface area contributed by atoms with Gasteiger partial charge in [0, 0.05) is 12.1 Å². The number of rotatable bonds is 3. The summed E-state index contributed by atoms with van der Waals surface area (Å²) in [7, 11) is 0. The van der Waals surface area contributed by atoms with E-state index in [0.717, 1.165) is 0 Å². The highest BCUT2D eigenvalue weighted by atomic mass is 19.2. The summed E-state index contributed by atoms with van der Waals surface area (Å²) in [5, 5.41) is 13.2. The molecular formula is C11H11F2N3O3. The number of nitrogens with zero attached hydrogens (tertiary/aromatic N) is 1. The first-order chi connectivity index (χ1) is 8.88. The van der Waals surface area contributed by atoms with Gasteiger partial charge in [0.15, 0.2) is 11.6 Å². The van der Waals surface area contributed by atoms with Gasteiger partial charge in [0.1, 0.15) is 5.56 Å². The van der Waals surface area contributed by atoms with Crippen molar-refractivity contribution < 1.29 is 18.5 Å². The number of hydrogen-bond acceptors (Lipinski definition) is 4. The standard InChI is InChI=1S/C11H11F2N3O3/c12-8-3-7(10(16(18)19)4-9(8)13)11(17)15-6-1-5(14)2-6/h3-6H,1-2,14H2,(H,15,17). The van der Waals surface area contributed by atoms with Crippen LogP contribution in [0.3, 0.4) is 0 Å². The summed E-state index contributed by atoms with van der Waals surface area (Å²) in [6.07, 6.45) is 1.12. The van der Waals surface area contributed by atoms with Gasteiger partial charge in [0.2, 0.25) is 0 Å². The normalized spacial score (nSPS) is 21.6. The second-order valence-corrected chi connectivity index (χ2v) is 4.44. The van der Waals surface area contributed by atoms with Crippen LogP contribution in [0.4, 0.5) is 14.5 Å². The molecule has 0 saturated heterocycles. The number of amides is 1. The van der Waals surface area contributed by atoms with E-state index < -0.39 is 33.7 Å². The highest BCUT2D eigenvalue weighted by Gasteiger charge is 2.30. The number of carbonyl (C=O) groups excluding carboxylic acids is 1. The Morgan fingerprint density at radius 1 is 1.37 bits per heavy atom. The fourth-order valence-electron chi connectivity index (χ4n) is 1.91. The van der Waals surface area contributed by atoms with E-state index >= 15 is 0 Å². The summed E-state index contributed by atoms with van der Waals surface area (Å²) in [5.41, 5.74) is 4.28. The van der Waals surface area contributed by atoms with E-state index in [1.54, 1.807) is 0 Å². The van der Waals surface area contributed by atoms with E-state index in [0.29, 0.717) is 25.0 Å². The van der Waals surface area contributed by atoms with Gasteiger partial charge in [-0.3, -0.25) is 14.9 Å². The Kier molecular flexibility index (Phi) is 3.43. The lowest BCUT2D eigenvalue weighted by Gasteiger charge is -2.32. The van der Waals surface area contributed by atoms with E-state index in [-0.39, 0.29) is 12.1 Å². The summed E-state index contributed by atoms with van der Waals surface area (Å²) >= 11 is 0. The zero-order valence-electron chi connectivity index (χ0n) is 9.73. The third-order valence-electron chi connectivity index (χ3n) is 2.99. The van der Waals surface area contributed by atoms with Gasteiger partial charge >= 0.3 is 0 Å². The minimum absolute atomic E-state index is 0.00904. The van der Waals surface area contributed by atoms with Crippen LogP contribution in [-0.4, -0.2) is 22.9 Å². The second-order valence-electron chi connectivity index (χ2n) is 4.44. The molecule has 0 atom stereocenters. The monoisotopic (exact) mass is 271 g/mol. The predicted molar refractivity (Wildman–Crippen MR) is 61.5 cm³/mol. The third kappa shape index (κ3) is 2.68. The molecule has 2 rings (SSSR count). The van der Waals surface area contributed by atoms with E-state index in [1.807, 2.05) is 0 Å². The molecule has 1 amide bonds. The molecule has 1 aliphatic rings. The first kappa shape index (κ1) is 13.3. The number of halogens is 2. The number of nitro groups is 1. The molecule has 0 radical (unpaired) electrons. The molecule has 0 heterocycles. The second kappa shape index (κ2) is 4.88. The molecule has 8 heteroatoms. The first-order valence-corrected chi connectivity index (χ1v) is 5.58. The van der Waals surface area contributed by atoms with Crippen molar-refractivity contribution >= 4 is 11.6 Å². The number of hydrogen-bond donors (Lipinski definition) is 2. The predicted octanol–water partition coefficient (Wildman–Crippen LogP) is 1.09. The maximum atomic E-state index is 13.1. The molecule has 0 unspecified atom stereocenters. The van der Waals surface area contributed by atoms with Crippen LogP contribution in [0.5, 0.6) is 0 Å². The van der Waals surface area contributed by atoms with Gasteiger partial charge in [-0.25, -0.2) is 8.78 Å². The van der Waals surface area contributed by atoms with Crippen molar-refractivity contribution in [1.29, 1.82) is 0 Å². The molecule has 0 bridgehead atoms. The SMILES string of the molecule is NC1CC(NC(=O)c2cc(F)c(F)cc2[N+](=O)[O-])C1. The highest BCUT2D eigenvalue weighted by molar-refractivity contribution is 5.98. The van der Waals surface area contributed by atoms with E-state index in [9.17, 15) is 23.7 Å². The van der Waals surface area contributed by atoms with Crippen LogP contribution in [0.15, 0.2) is 12.1 Å². The topological polar surface area (TPSA) is 98.3 Å². The van der Waals surface area contributed by atoms with E-state index in [2.05, 4.69) is 5.32 Å². The lowest BCUT2D eigenvalue weighted by atomic mass is 9.87. The van der Waals surface area contributed by atoms with Crippen molar-refractivity contribution in [2.45, 2.75) is 24.9 Å². The Bertz CT molecular complexity index is 544. The molecule has 1 aromatic rings. The Hall–Kier alpha value is -2.09. The van der Waals surface area contributed by atoms with Gasteiger partial charge in [-0.2, -0.15) is 0 Å². The van der Waals surface area contributed by atoms with Crippen LogP contribution in [-0.2, 0) is 0 Å². The fourth-order valence-corrected chi connectivity index (χ4v) is 1.91. The smallest absolute Gasteiger partial charge is 0.285 e. The van der Waals surface area contributed by atoms with Crippen molar-refractivity contribution in [1.82, 2.24) is 5.32 Å². The number of nitro benzene ring substituents is 1. The number of carbonyl (C=O) groups is 1. The molecule has 3 N–H and O–H groups in total. The van der Waals surface area contributed by atoms with Crippen LogP contribution in [0.2, 0.25) is 0 Å². The Labute approximate surface area is 106 Å². The van der Waals surface area contributed by atoms with Crippen molar-refractivity contribution in [3.63, 3.8) is 0 Å². The quantitative estimate of drug-likeness (QED) is 0.635. The largest absolute Gasteiger partial charge is 0.349 e. The minimum atomic E-state index is -1.37. The molecule has 1 aromatic carbocycles. The Balaban J connectivity index is 2.24. The summed E-state index contributed by atoms with van der Waals surface area (Å²) in [4.78, 5) is 21.6. The maximum absolute atomic E-state index is 13.1. The maximum Gasteiger partial charge on any atom is 0.285 e. The van der Waals surface area contributed by atoms with Crippen molar-refractivity contribution in [3.05, 3.63) is 39.4 Å². The Morgan fingerprint density at radius 3 is 2.47 bits per heavy atom. The third-order valence-corrected chi connectivity index (χ3v) is 2.99. The summed E-state index contributed by atoms with van der Waals surface area (Å²) in [6, 6.07) is 0.735. The number of nitrogens with one attached hydrogen (secondary N) is 1. The van der Waals surface area contributed by atoms with Gasteiger partial charge in [0.25, 0.3) is 11.6 Å². The molecule has 0 aliphatic heterocycles. The summed E-state index contributed by atoms with van der Waals surface area (Å²) < 4.78 is 26.0. The van der Waals surface area contributed by atoms with Crippen LogP contribution in [0.1, 0.15) is 23.2 Å². The van der Waals surface area contributed by atoms with Crippen molar-refractivity contribution in [3.8, 4) is 0 Å². The van der Waals surface area contributed by atoms with Gasteiger partial charge < -0.3 is 11.1 Å². The average Bonchev–Trinajstić information content (AvgIpc) is 2.29. The molecule has 6 nitrogen and oxygen atoms in total. The molecule has 1 saturated carbocycles. The zero-order chi connectivity index (χ0) is 14.2. The van der Waals surface area contributed by atoms with Crippen molar-refractivity contribution in [2.75, 3.05) is 0 Å². The summed E-state index contributed by atoms with van der Waals surface area (Å²) in [5.74, 6) is -3.47. The zero-order valence-corrected chi connectivity index (χ0v) is 9.73. The molecule has 0 aromatic heterocycles. The van der Waals surface area contributed by atoms with Crippen LogP contribution in [0, 0.1) is 21.7 Å². The molecule has 1 fully saturated rings. The Morgan fingerprint density at radius 2 is 1.95 bits per heavy atom. The summed E-state index contributed by atoms with van der Waals surface area (Å²) in [6.45, 7) is 0. The van der Waals surface area contributed by atoms with Crippen LogP contribution >= 0.6 is 0 Å². The van der Waals surface area contributed by atoms with Gasteiger partial charge in [-0.15, -0.1) is 0 Å². The number of benzene rings is 1. The van der Waals surface area contributed by atoms with Gasteiger partial charge in [-0.05, 0) is 18.9 Å². The first-order valence-electron chi connectivity index (χ1n) is 5.58. The molecular weight excluding hydrogens is 260 g/mol. The number of nitrogens with two attached hydrogens (primary N) is 1. The molecule has 0 spiro atoms. The fraction of sp³-hybridized carbons (Fsp3) is 0.364. The van der Waals surface area contributed by atoms with E-state index in [1.165, 1.54) is 0 Å². The molecule has 102 valence electrons. The highest BCUT2D eigenvalue weighted by Crippen LogP contribution is 2.24. The van der Waals surface area contributed by atoms with E-state index in [4.69, 9.17) is 5.73 Å². The minimum Gasteiger partial charge on any atom is -0.349 e.